The van der Waals surface area contributed by atoms with Crippen molar-refractivity contribution in [3.63, 3.8) is 0 Å². The molecule has 1 amide bonds. The number of carbonyl (C=O) groups is 1. The average Bonchev–Trinajstić information content (AvgIpc) is 2.94. The van der Waals surface area contributed by atoms with Gasteiger partial charge in [0.15, 0.2) is 0 Å². The van der Waals surface area contributed by atoms with Gasteiger partial charge in [-0.3, -0.25) is 4.79 Å². The van der Waals surface area contributed by atoms with Crippen LogP contribution in [0.1, 0.15) is 149 Å². The molecule has 0 rings (SSSR count). The zero-order chi connectivity index (χ0) is 29.0. The number of hydrogen-bond donors (Lipinski definition) is 5. The quantitative estimate of drug-likeness (QED) is 0.0535. The maximum atomic E-state index is 12.3. The summed E-state index contributed by atoms with van der Waals surface area (Å²) < 4.78 is 0. The van der Waals surface area contributed by atoms with Crippen molar-refractivity contribution >= 4 is 5.91 Å². The van der Waals surface area contributed by atoms with Crippen LogP contribution in [0, 0.1) is 0 Å². The van der Waals surface area contributed by atoms with E-state index in [1.54, 1.807) is 0 Å². The lowest BCUT2D eigenvalue weighted by atomic mass is 10.00. The molecule has 0 heterocycles. The molecule has 0 fully saturated rings. The van der Waals surface area contributed by atoms with Gasteiger partial charge >= 0.3 is 0 Å². The second-order valence-corrected chi connectivity index (χ2v) is 11.1. The van der Waals surface area contributed by atoms with Crippen LogP contribution in [0.5, 0.6) is 0 Å². The first kappa shape index (κ1) is 37.8. The minimum atomic E-state index is -1.28. The minimum Gasteiger partial charge on any atom is -0.394 e. The second kappa shape index (κ2) is 28.3. The van der Waals surface area contributed by atoms with Crippen molar-refractivity contribution in [3.05, 3.63) is 24.3 Å². The lowest BCUT2D eigenvalue weighted by Gasteiger charge is -2.27. The molecule has 5 N–H and O–H groups in total. The Balaban J connectivity index is 3.98. The van der Waals surface area contributed by atoms with E-state index in [0.717, 1.165) is 38.5 Å². The predicted octanol–water partition coefficient (Wildman–Crippen LogP) is 6.89. The van der Waals surface area contributed by atoms with Crippen LogP contribution >= 0.6 is 0 Å². The molecule has 6 nitrogen and oxygen atoms in total. The lowest BCUT2D eigenvalue weighted by Crippen LogP contribution is -2.53. The van der Waals surface area contributed by atoms with Crippen LogP contribution in [-0.4, -0.2) is 57.3 Å². The normalized spacial score (nSPS) is 15.1. The highest BCUT2D eigenvalue weighted by Crippen LogP contribution is 2.12. The molecule has 4 atom stereocenters. The molecule has 4 unspecified atom stereocenters. The Bertz CT molecular complexity index is 595. The number of amides is 1. The van der Waals surface area contributed by atoms with Gasteiger partial charge in [-0.25, -0.2) is 0 Å². The number of nitrogens with one attached hydrogen (secondary N) is 1. The van der Waals surface area contributed by atoms with Crippen molar-refractivity contribution in [1.29, 1.82) is 0 Å². The third-order valence-electron chi connectivity index (χ3n) is 7.38. The third-order valence-corrected chi connectivity index (χ3v) is 7.38. The van der Waals surface area contributed by atoms with Crippen molar-refractivity contribution in [3.8, 4) is 0 Å². The summed E-state index contributed by atoms with van der Waals surface area (Å²) in [6.45, 7) is 3.96. The first-order valence-corrected chi connectivity index (χ1v) is 16.2. The van der Waals surface area contributed by atoms with E-state index in [1.165, 1.54) is 77.0 Å². The Hall–Kier alpha value is -1.21. The SMILES string of the molecule is CCCCCCCC/C=C\CCCCC(O)C(=O)NC(CO)C(O)C(O)CCC/C=C/CCCCCCCC. The Morgan fingerprint density at radius 3 is 1.54 bits per heavy atom. The summed E-state index contributed by atoms with van der Waals surface area (Å²) >= 11 is 0. The van der Waals surface area contributed by atoms with E-state index in [-0.39, 0.29) is 0 Å². The van der Waals surface area contributed by atoms with Crippen LogP contribution in [0.2, 0.25) is 0 Å². The van der Waals surface area contributed by atoms with E-state index < -0.39 is 36.9 Å². The van der Waals surface area contributed by atoms with E-state index >= 15 is 0 Å². The smallest absolute Gasteiger partial charge is 0.249 e. The van der Waals surface area contributed by atoms with E-state index in [1.807, 2.05) is 0 Å². The van der Waals surface area contributed by atoms with Gasteiger partial charge in [0.1, 0.15) is 12.2 Å². The summed E-state index contributed by atoms with van der Waals surface area (Å²) in [7, 11) is 0. The van der Waals surface area contributed by atoms with Crippen molar-refractivity contribution < 1.29 is 25.2 Å². The highest BCUT2D eigenvalue weighted by atomic mass is 16.3. The van der Waals surface area contributed by atoms with Gasteiger partial charge in [-0.15, -0.1) is 0 Å². The zero-order valence-corrected chi connectivity index (χ0v) is 25.4. The van der Waals surface area contributed by atoms with Crippen LogP contribution in [0.3, 0.4) is 0 Å². The number of unbranched alkanes of at least 4 members (excludes halogenated alkanes) is 15. The van der Waals surface area contributed by atoms with Crippen molar-refractivity contribution in [2.24, 2.45) is 0 Å². The number of rotatable bonds is 28. The fourth-order valence-electron chi connectivity index (χ4n) is 4.69. The standard InChI is InChI=1S/C33H63NO5/c1-3-5-7-9-11-13-15-17-19-21-23-25-27-31(37)33(39)34-29(28-35)32(38)30(36)26-24-22-20-18-16-14-12-10-8-6-4-2/h17-20,29-32,35-38H,3-16,21-28H2,1-2H3,(H,34,39)/b19-17-,20-18+. The number of carbonyl (C=O) groups excluding carboxylic acids is 1. The monoisotopic (exact) mass is 553 g/mol. The Morgan fingerprint density at radius 1 is 0.615 bits per heavy atom. The molecule has 6 heteroatoms. The zero-order valence-electron chi connectivity index (χ0n) is 25.4. The number of aliphatic hydroxyl groups is 4. The highest BCUT2D eigenvalue weighted by molar-refractivity contribution is 5.80. The molecule has 0 saturated heterocycles. The highest BCUT2D eigenvalue weighted by Gasteiger charge is 2.28. The summed E-state index contributed by atoms with van der Waals surface area (Å²) in [5, 5.41) is 43.1. The first-order chi connectivity index (χ1) is 19.0. The van der Waals surface area contributed by atoms with Gasteiger partial charge in [0, 0.05) is 0 Å². The van der Waals surface area contributed by atoms with E-state index in [0.29, 0.717) is 19.3 Å². The van der Waals surface area contributed by atoms with Crippen LogP contribution in [0.15, 0.2) is 24.3 Å². The Morgan fingerprint density at radius 2 is 1.05 bits per heavy atom. The largest absolute Gasteiger partial charge is 0.394 e. The van der Waals surface area contributed by atoms with Gasteiger partial charge in [-0.05, 0) is 64.2 Å². The average molecular weight is 554 g/mol. The topological polar surface area (TPSA) is 110 Å². The van der Waals surface area contributed by atoms with Gasteiger partial charge in [0.2, 0.25) is 5.91 Å². The lowest BCUT2D eigenvalue weighted by molar-refractivity contribution is -0.132. The fraction of sp³-hybridized carbons (Fsp3) is 0.848. The van der Waals surface area contributed by atoms with Crippen molar-refractivity contribution in [2.45, 2.75) is 173 Å². The maximum absolute atomic E-state index is 12.3. The molecule has 0 aromatic rings. The molecule has 0 bridgehead atoms. The first-order valence-electron chi connectivity index (χ1n) is 16.2. The molecule has 0 aromatic carbocycles. The van der Waals surface area contributed by atoms with Gasteiger partial charge in [0.05, 0.1) is 18.8 Å². The van der Waals surface area contributed by atoms with Crippen molar-refractivity contribution in [2.75, 3.05) is 6.61 Å². The van der Waals surface area contributed by atoms with Crippen LogP contribution in [0.25, 0.3) is 0 Å². The summed E-state index contributed by atoms with van der Waals surface area (Å²) in [5.74, 6) is -0.614. The molecule has 0 aliphatic carbocycles. The summed E-state index contributed by atoms with van der Waals surface area (Å²) in [5.41, 5.74) is 0. The van der Waals surface area contributed by atoms with Gasteiger partial charge in [0.25, 0.3) is 0 Å². The van der Waals surface area contributed by atoms with E-state index in [9.17, 15) is 25.2 Å². The predicted molar refractivity (Wildman–Crippen MR) is 164 cm³/mol. The Kier molecular flexibility index (Phi) is 27.4. The molecule has 0 aliphatic rings. The molecule has 0 radical (unpaired) electrons. The fourth-order valence-corrected chi connectivity index (χ4v) is 4.69. The molecular formula is C33H63NO5. The second-order valence-electron chi connectivity index (χ2n) is 11.1. The van der Waals surface area contributed by atoms with E-state index in [4.69, 9.17) is 0 Å². The van der Waals surface area contributed by atoms with Crippen LogP contribution in [-0.2, 0) is 4.79 Å². The number of hydrogen-bond acceptors (Lipinski definition) is 5. The minimum absolute atomic E-state index is 0.332. The molecule has 39 heavy (non-hydrogen) atoms. The van der Waals surface area contributed by atoms with E-state index in [2.05, 4.69) is 43.5 Å². The van der Waals surface area contributed by atoms with Crippen LogP contribution in [0.4, 0.5) is 0 Å². The van der Waals surface area contributed by atoms with Gasteiger partial charge < -0.3 is 25.7 Å². The molecule has 0 aromatic heterocycles. The van der Waals surface area contributed by atoms with Crippen molar-refractivity contribution in [1.82, 2.24) is 5.32 Å². The molecule has 0 spiro atoms. The molecular weight excluding hydrogens is 490 g/mol. The van der Waals surface area contributed by atoms with Gasteiger partial charge in [-0.1, -0.05) is 109 Å². The number of allylic oxidation sites excluding steroid dienone is 4. The van der Waals surface area contributed by atoms with Gasteiger partial charge in [-0.2, -0.15) is 0 Å². The van der Waals surface area contributed by atoms with Crippen LogP contribution < -0.4 is 5.32 Å². The maximum Gasteiger partial charge on any atom is 0.249 e. The molecule has 0 saturated carbocycles. The summed E-state index contributed by atoms with van der Waals surface area (Å²) in [6.07, 6.45) is 27.7. The third kappa shape index (κ3) is 23.2. The molecule has 230 valence electrons. The number of aliphatic hydroxyl groups excluding tert-OH is 4. The summed E-state index contributed by atoms with van der Waals surface area (Å²) in [4.78, 5) is 12.3. The molecule has 0 aliphatic heterocycles. The Labute approximate surface area is 240 Å². The summed E-state index contributed by atoms with van der Waals surface area (Å²) in [6, 6.07) is -1.00.